The van der Waals surface area contributed by atoms with Gasteiger partial charge >= 0.3 is 0 Å². The number of likely N-dealkylation sites (tertiary alicyclic amines) is 1. The number of imidazole rings is 1. The van der Waals surface area contributed by atoms with Crippen molar-refractivity contribution in [1.29, 1.82) is 0 Å². The van der Waals surface area contributed by atoms with Crippen LogP contribution in [0, 0.1) is 5.92 Å². The van der Waals surface area contributed by atoms with Crippen LogP contribution in [-0.4, -0.2) is 51.7 Å². The summed E-state index contributed by atoms with van der Waals surface area (Å²) in [4.78, 5) is 11.4. The fourth-order valence-corrected chi connectivity index (χ4v) is 3.52. The second-order valence-corrected chi connectivity index (χ2v) is 6.94. The summed E-state index contributed by atoms with van der Waals surface area (Å²) < 4.78 is 2.22. The molecule has 1 aliphatic heterocycles. The zero-order chi connectivity index (χ0) is 18.4. The second-order valence-electron chi connectivity index (χ2n) is 6.94. The molecule has 0 amide bonds. The highest BCUT2D eigenvalue weighted by molar-refractivity contribution is 14.0. The van der Waals surface area contributed by atoms with E-state index in [9.17, 15) is 5.11 Å². The summed E-state index contributed by atoms with van der Waals surface area (Å²) in [6, 6.07) is 7.82. The first-order chi connectivity index (χ1) is 12.7. The molecule has 1 fully saturated rings. The smallest absolute Gasteiger partial charge is 0.193 e. The van der Waals surface area contributed by atoms with Crippen molar-refractivity contribution in [3.63, 3.8) is 0 Å². The van der Waals surface area contributed by atoms with Crippen LogP contribution >= 0.6 is 24.0 Å². The number of nitrogens with one attached hydrogen (secondary N) is 1. The molecule has 1 aromatic heterocycles. The molecule has 0 spiro atoms. The van der Waals surface area contributed by atoms with E-state index in [1.165, 1.54) is 0 Å². The molecule has 2 unspecified atom stereocenters. The van der Waals surface area contributed by atoms with Gasteiger partial charge < -0.3 is 19.9 Å². The van der Waals surface area contributed by atoms with E-state index in [4.69, 9.17) is 4.99 Å². The predicted molar refractivity (Wildman–Crippen MR) is 120 cm³/mol. The molecule has 0 bridgehead atoms. The Labute approximate surface area is 178 Å². The van der Waals surface area contributed by atoms with Gasteiger partial charge in [0.2, 0.25) is 0 Å². The highest BCUT2D eigenvalue weighted by Crippen LogP contribution is 2.27. The first-order valence-electron chi connectivity index (χ1n) is 9.46. The van der Waals surface area contributed by atoms with Crippen molar-refractivity contribution in [2.45, 2.75) is 32.7 Å². The first-order valence-corrected chi connectivity index (χ1v) is 9.46. The van der Waals surface area contributed by atoms with Gasteiger partial charge in [-0.2, -0.15) is 0 Å². The van der Waals surface area contributed by atoms with Crippen LogP contribution in [0.5, 0.6) is 5.75 Å². The maximum atomic E-state index is 9.59. The van der Waals surface area contributed by atoms with Crippen LogP contribution in [0.25, 0.3) is 0 Å². The lowest BCUT2D eigenvalue weighted by Gasteiger charge is -2.39. The number of piperidine rings is 1. The van der Waals surface area contributed by atoms with Crippen molar-refractivity contribution >= 4 is 29.9 Å². The zero-order valence-electron chi connectivity index (χ0n) is 16.1. The van der Waals surface area contributed by atoms with Gasteiger partial charge in [0.25, 0.3) is 0 Å². The summed E-state index contributed by atoms with van der Waals surface area (Å²) >= 11 is 0. The number of phenols is 1. The predicted octanol–water partition coefficient (Wildman–Crippen LogP) is 3.30. The fourth-order valence-electron chi connectivity index (χ4n) is 3.52. The molecule has 1 aromatic carbocycles. The Bertz CT molecular complexity index is 719. The fraction of sp³-hybridized carbons (Fsp3) is 0.500. The van der Waals surface area contributed by atoms with Gasteiger partial charge in [-0.05, 0) is 43.4 Å². The monoisotopic (exact) mass is 483 g/mol. The van der Waals surface area contributed by atoms with Gasteiger partial charge in [0.15, 0.2) is 5.96 Å². The third-order valence-electron chi connectivity index (χ3n) is 5.03. The molecule has 27 heavy (non-hydrogen) atoms. The van der Waals surface area contributed by atoms with Crippen LogP contribution in [0.3, 0.4) is 0 Å². The molecule has 2 heterocycles. The highest BCUT2D eigenvalue weighted by atomic mass is 127. The quantitative estimate of drug-likeness (QED) is 0.389. The third-order valence-corrected chi connectivity index (χ3v) is 5.03. The van der Waals surface area contributed by atoms with Crippen LogP contribution in [0.4, 0.5) is 0 Å². The molecule has 7 heteroatoms. The molecule has 3 rings (SSSR count). The number of rotatable bonds is 5. The number of guanidine groups is 1. The summed E-state index contributed by atoms with van der Waals surface area (Å²) in [5.41, 5.74) is 1.10. The molecule has 0 aliphatic carbocycles. The number of aromatic hydroxyl groups is 1. The lowest BCUT2D eigenvalue weighted by Crippen LogP contribution is -2.49. The SMILES string of the molecule is CCNC(=NCCc1cccc(O)c1)N1CCC(C)C(n2ccnc2)C1.I. The largest absolute Gasteiger partial charge is 0.508 e. The Morgan fingerprint density at radius 2 is 2.26 bits per heavy atom. The van der Waals surface area contributed by atoms with Crippen molar-refractivity contribution in [3.05, 3.63) is 48.5 Å². The highest BCUT2D eigenvalue weighted by Gasteiger charge is 2.28. The Hall–Kier alpha value is -1.77. The van der Waals surface area contributed by atoms with E-state index in [2.05, 4.69) is 39.8 Å². The molecule has 1 saturated heterocycles. The summed E-state index contributed by atoms with van der Waals surface area (Å²) in [6.07, 6.45) is 7.77. The lowest BCUT2D eigenvalue weighted by molar-refractivity contribution is 0.189. The van der Waals surface area contributed by atoms with Gasteiger partial charge in [-0.1, -0.05) is 19.1 Å². The lowest BCUT2D eigenvalue weighted by atomic mass is 9.93. The van der Waals surface area contributed by atoms with Crippen LogP contribution in [0.2, 0.25) is 0 Å². The molecule has 0 saturated carbocycles. The third kappa shape index (κ3) is 5.85. The molecule has 2 atom stereocenters. The van der Waals surface area contributed by atoms with Crippen molar-refractivity contribution in [3.8, 4) is 5.75 Å². The van der Waals surface area contributed by atoms with E-state index >= 15 is 0 Å². The number of phenolic OH excluding ortho intramolecular Hbond substituents is 1. The van der Waals surface area contributed by atoms with E-state index in [1.807, 2.05) is 24.7 Å². The molecule has 2 N–H and O–H groups in total. The molecular formula is C20H30IN5O. The topological polar surface area (TPSA) is 65.7 Å². The van der Waals surface area contributed by atoms with E-state index in [-0.39, 0.29) is 24.0 Å². The number of aromatic nitrogens is 2. The van der Waals surface area contributed by atoms with Gasteiger partial charge in [0.05, 0.1) is 12.4 Å². The average molecular weight is 483 g/mol. The first kappa shape index (κ1) is 21.5. The molecule has 1 aliphatic rings. The zero-order valence-corrected chi connectivity index (χ0v) is 18.4. The molecular weight excluding hydrogens is 453 g/mol. The van der Waals surface area contributed by atoms with E-state index in [0.717, 1.165) is 44.0 Å². The normalized spacial score (nSPS) is 20.2. The van der Waals surface area contributed by atoms with Crippen molar-refractivity contribution in [2.24, 2.45) is 10.9 Å². The van der Waals surface area contributed by atoms with Gasteiger partial charge in [-0.15, -0.1) is 24.0 Å². The summed E-state index contributed by atoms with van der Waals surface area (Å²) in [6.45, 7) is 7.93. The van der Waals surface area contributed by atoms with Gasteiger partial charge in [0.1, 0.15) is 5.75 Å². The maximum absolute atomic E-state index is 9.59. The van der Waals surface area contributed by atoms with Gasteiger partial charge in [-0.3, -0.25) is 4.99 Å². The Kier molecular flexibility index (Phi) is 8.40. The molecule has 2 aromatic rings. The second kappa shape index (κ2) is 10.5. The minimum absolute atomic E-state index is 0. The van der Waals surface area contributed by atoms with Crippen molar-refractivity contribution in [1.82, 2.24) is 19.8 Å². The number of benzene rings is 1. The van der Waals surface area contributed by atoms with Crippen LogP contribution in [-0.2, 0) is 6.42 Å². The van der Waals surface area contributed by atoms with E-state index in [0.29, 0.717) is 24.3 Å². The van der Waals surface area contributed by atoms with Crippen LogP contribution in [0.15, 0.2) is 48.0 Å². The Morgan fingerprint density at radius 3 is 2.96 bits per heavy atom. The number of halogens is 1. The number of aliphatic imine (C=N–C) groups is 1. The number of nitrogens with zero attached hydrogens (tertiary/aromatic N) is 4. The maximum Gasteiger partial charge on any atom is 0.193 e. The summed E-state index contributed by atoms with van der Waals surface area (Å²) in [5, 5.41) is 13.0. The molecule has 0 radical (unpaired) electrons. The Morgan fingerprint density at radius 1 is 1.41 bits per heavy atom. The van der Waals surface area contributed by atoms with Crippen LogP contribution in [0.1, 0.15) is 31.9 Å². The van der Waals surface area contributed by atoms with E-state index in [1.54, 1.807) is 12.1 Å². The summed E-state index contributed by atoms with van der Waals surface area (Å²) in [5.74, 6) is 1.91. The van der Waals surface area contributed by atoms with Crippen molar-refractivity contribution < 1.29 is 5.11 Å². The standard InChI is InChI=1S/C20H29N5O.HI/c1-3-22-20(23-9-7-17-5-4-6-18(26)13-17)24-11-8-16(2)19(14-24)25-12-10-21-15-25;/h4-6,10,12-13,15-16,19,26H,3,7-9,11,14H2,1-2H3,(H,22,23);1H. The van der Waals surface area contributed by atoms with Crippen molar-refractivity contribution in [2.75, 3.05) is 26.2 Å². The minimum atomic E-state index is 0. The van der Waals surface area contributed by atoms with Crippen LogP contribution < -0.4 is 5.32 Å². The molecule has 6 nitrogen and oxygen atoms in total. The van der Waals surface area contributed by atoms with Gasteiger partial charge in [-0.25, -0.2) is 4.98 Å². The number of hydrogen-bond donors (Lipinski definition) is 2. The number of hydrogen-bond acceptors (Lipinski definition) is 3. The van der Waals surface area contributed by atoms with E-state index < -0.39 is 0 Å². The minimum Gasteiger partial charge on any atom is -0.508 e. The average Bonchev–Trinajstić information content (AvgIpc) is 3.16. The molecule has 148 valence electrons. The summed E-state index contributed by atoms with van der Waals surface area (Å²) in [7, 11) is 0. The Balaban J connectivity index is 0.00000261. The van der Waals surface area contributed by atoms with Gasteiger partial charge in [0, 0.05) is 38.6 Å².